The van der Waals surface area contributed by atoms with Crippen LogP contribution in [0.25, 0.3) is 0 Å². The highest BCUT2D eigenvalue weighted by molar-refractivity contribution is 8.00. The summed E-state index contributed by atoms with van der Waals surface area (Å²) in [7, 11) is 1.87. The Morgan fingerprint density at radius 1 is 1.41 bits per heavy atom. The van der Waals surface area contributed by atoms with Crippen LogP contribution in [-0.4, -0.2) is 48.0 Å². The van der Waals surface area contributed by atoms with Crippen molar-refractivity contribution in [3.05, 3.63) is 0 Å². The fourth-order valence-corrected chi connectivity index (χ4v) is 3.23. The third kappa shape index (κ3) is 4.18. The molecule has 0 radical (unpaired) electrons. The van der Waals surface area contributed by atoms with Crippen LogP contribution in [-0.2, 0) is 4.79 Å². The van der Waals surface area contributed by atoms with Gasteiger partial charge in [0.25, 0.3) is 0 Å². The number of rotatable bonds is 6. The summed E-state index contributed by atoms with van der Waals surface area (Å²) in [5.41, 5.74) is 0. The van der Waals surface area contributed by atoms with Gasteiger partial charge in [-0.2, -0.15) is 11.8 Å². The monoisotopic (exact) mass is 258 g/mol. The summed E-state index contributed by atoms with van der Waals surface area (Å²) in [6.07, 6.45) is 7.44. The Morgan fingerprint density at radius 2 is 2.00 bits per heavy atom. The normalized spacial score (nSPS) is 18.6. The van der Waals surface area contributed by atoms with Crippen LogP contribution in [0.4, 0.5) is 0 Å². The SMILES string of the molecule is CSC1(CNCC(=O)N(C)C(C)C)CCCC1. The first-order chi connectivity index (χ1) is 8.01. The van der Waals surface area contributed by atoms with Crippen LogP contribution in [0.2, 0.25) is 0 Å². The van der Waals surface area contributed by atoms with Gasteiger partial charge in [0.1, 0.15) is 0 Å². The zero-order chi connectivity index (χ0) is 12.9. The average Bonchev–Trinajstić information content (AvgIpc) is 2.77. The smallest absolute Gasteiger partial charge is 0.236 e. The first-order valence-corrected chi connectivity index (χ1v) is 7.75. The summed E-state index contributed by atoms with van der Waals surface area (Å²) in [6.45, 7) is 5.51. The highest BCUT2D eigenvalue weighted by atomic mass is 32.2. The summed E-state index contributed by atoms with van der Waals surface area (Å²) < 4.78 is 0.386. The highest BCUT2D eigenvalue weighted by Crippen LogP contribution is 2.39. The molecule has 0 aromatic rings. The number of carbonyl (C=O) groups excluding carboxylic acids is 1. The number of nitrogens with zero attached hydrogens (tertiary/aromatic N) is 1. The first kappa shape index (κ1) is 14.8. The van der Waals surface area contributed by atoms with Gasteiger partial charge >= 0.3 is 0 Å². The van der Waals surface area contributed by atoms with Gasteiger partial charge in [-0.1, -0.05) is 12.8 Å². The van der Waals surface area contributed by atoms with E-state index in [4.69, 9.17) is 0 Å². The predicted octanol–water partition coefficient (Wildman–Crippen LogP) is 2.12. The Morgan fingerprint density at radius 3 is 2.47 bits per heavy atom. The van der Waals surface area contributed by atoms with Crippen molar-refractivity contribution >= 4 is 17.7 Å². The lowest BCUT2D eigenvalue weighted by molar-refractivity contribution is -0.130. The summed E-state index contributed by atoms with van der Waals surface area (Å²) >= 11 is 1.96. The Balaban J connectivity index is 2.29. The molecule has 1 saturated carbocycles. The number of hydrogen-bond acceptors (Lipinski definition) is 3. The van der Waals surface area contributed by atoms with Gasteiger partial charge in [-0.25, -0.2) is 0 Å². The molecule has 0 unspecified atom stereocenters. The van der Waals surface area contributed by atoms with Crippen molar-refractivity contribution in [1.82, 2.24) is 10.2 Å². The fraction of sp³-hybridized carbons (Fsp3) is 0.923. The first-order valence-electron chi connectivity index (χ1n) is 6.52. The summed E-state index contributed by atoms with van der Waals surface area (Å²) in [5, 5.41) is 3.34. The summed E-state index contributed by atoms with van der Waals surface area (Å²) in [4.78, 5) is 13.6. The van der Waals surface area contributed by atoms with Gasteiger partial charge in [0.05, 0.1) is 6.54 Å². The third-order valence-electron chi connectivity index (χ3n) is 3.84. The lowest BCUT2D eigenvalue weighted by Crippen LogP contribution is -2.43. The van der Waals surface area contributed by atoms with Crippen molar-refractivity contribution in [1.29, 1.82) is 0 Å². The van der Waals surface area contributed by atoms with Crippen molar-refractivity contribution in [2.24, 2.45) is 0 Å². The molecule has 1 aliphatic carbocycles. The van der Waals surface area contributed by atoms with Crippen LogP contribution in [0.15, 0.2) is 0 Å². The minimum absolute atomic E-state index is 0.189. The number of thioether (sulfide) groups is 1. The molecule has 0 saturated heterocycles. The molecule has 0 bridgehead atoms. The Hall–Kier alpha value is -0.220. The lowest BCUT2D eigenvalue weighted by atomic mass is 10.1. The molecular formula is C13H26N2OS. The van der Waals surface area contributed by atoms with Gasteiger partial charge in [-0.15, -0.1) is 0 Å². The van der Waals surface area contributed by atoms with Crippen LogP contribution in [0.3, 0.4) is 0 Å². The predicted molar refractivity (Wildman–Crippen MR) is 75.5 cm³/mol. The van der Waals surface area contributed by atoms with Crippen molar-refractivity contribution in [3.63, 3.8) is 0 Å². The van der Waals surface area contributed by atoms with Gasteiger partial charge in [-0.05, 0) is 32.9 Å². The van der Waals surface area contributed by atoms with E-state index >= 15 is 0 Å². The third-order valence-corrected chi connectivity index (χ3v) is 5.26. The molecule has 0 aromatic carbocycles. The van der Waals surface area contributed by atoms with Gasteiger partial charge in [0.15, 0.2) is 0 Å². The van der Waals surface area contributed by atoms with Crippen molar-refractivity contribution < 1.29 is 4.79 Å². The van der Waals surface area contributed by atoms with Crippen LogP contribution in [0.1, 0.15) is 39.5 Å². The second-order valence-electron chi connectivity index (χ2n) is 5.30. The zero-order valence-electron chi connectivity index (χ0n) is 11.6. The van der Waals surface area contributed by atoms with Gasteiger partial charge < -0.3 is 10.2 Å². The fourth-order valence-electron chi connectivity index (χ4n) is 2.28. The average molecular weight is 258 g/mol. The number of hydrogen-bond donors (Lipinski definition) is 1. The molecule has 0 heterocycles. The van der Waals surface area contributed by atoms with E-state index < -0.39 is 0 Å². The molecule has 0 atom stereocenters. The van der Waals surface area contributed by atoms with Crippen LogP contribution in [0.5, 0.6) is 0 Å². The highest BCUT2D eigenvalue weighted by Gasteiger charge is 2.32. The topological polar surface area (TPSA) is 32.3 Å². The van der Waals surface area contributed by atoms with Gasteiger partial charge in [0, 0.05) is 24.4 Å². The summed E-state index contributed by atoms with van der Waals surface area (Å²) in [6, 6.07) is 0.283. The summed E-state index contributed by atoms with van der Waals surface area (Å²) in [5.74, 6) is 0.189. The van der Waals surface area contributed by atoms with Gasteiger partial charge in [-0.3, -0.25) is 4.79 Å². The van der Waals surface area contributed by atoms with E-state index in [-0.39, 0.29) is 11.9 Å². The van der Waals surface area contributed by atoms with E-state index in [1.54, 1.807) is 4.90 Å². The van der Waals surface area contributed by atoms with E-state index in [0.717, 1.165) is 6.54 Å². The van der Waals surface area contributed by atoms with E-state index in [9.17, 15) is 4.79 Å². The Kier molecular flexibility index (Phi) is 5.80. The molecule has 0 aromatic heterocycles. The molecule has 0 aliphatic heterocycles. The molecule has 3 nitrogen and oxygen atoms in total. The standard InChI is InChI=1S/C13H26N2OS/c1-11(2)15(3)12(16)9-14-10-13(17-4)7-5-6-8-13/h11,14H,5-10H2,1-4H3. The van der Waals surface area contributed by atoms with Crippen molar-refractivity contribution in [2.45, 2.75) is 50.3 Å². The lowest BCUT2D eigenvalue weighted by Gasteiger charge is -2.28. The van der Waals surface area contributed by atoms with Crippen LogP contribution >= 0.6 is 11.8 Å². The molecule has 1 rings (SSSR count). The molecule has 17 heavy (non-hydrogen) atoms. The van der Waals surface area contributed by atoms with Gasteiger partial charge in [0.2, 0.25) is 5.91 Å². The Bertz CT molecular complexity index is 250. The van der Waals surface area contributed by atoms with E-state index in [2.05, 4.69) is 11.6 Å². The molecule has 1 amide bonds. The second-order valence-corrected chi connectivity index (χ2v) is 6.57. The molecular weight excluding hydrogens is 232 g/mol. The maximum atomic E-state index is 11.8. The molecule has 1 aliphatic rings. The van der Waals surface area contributed by atoms with Crippen molar-refractivity contribution in [2.75, 3.05) is 26.4 Å². The van der Waals surface area contributed by atoms with Crippen LogP contribution < -0.4 is 5.32 Å². The minimum atomic E-state index is 0.189. The maximum Gasteiger partial charge on any atom is 0.236 e. The second kappa shape index (κ2) is 6.64. The largest absolute Gasteiger partial charge is 0.342 e. The molecule has 1 N–H and O–H groups in total. The van der Waals surface area contributed by atoms with E-state index in [1.165, 1.54) is 25.7 Å². The molecule has 1 fully saturated rings. The molecule has 0 spiro atoms. The number of nitrogens with one attached hydrogen (secondary N) is 1. The Labute approximate surface area is 110 Å². The number of carbonyl (C=O) groups is 1. The molecule has 100 valence electrons. The van der Waals surface area contributed by atoms with E-state index in [0.29, 0.717) is 11.3 Å². The minimum Gasteiger partial charge on any atom is -0.342 e. The van der Waals surface area contributed by atoms with Crippen LogP contribution in [0, 0.1) is 0 Å². The van der Waals surface area contributed by atoms with E-state index in [1.807, 2.05) is 32.7 Å². The number of amides is 1. The quantitative estimate of drug-likeness (QED) is 0.792. The zero-order valence-corrected chi connectivity index (χ0v) is 12.4. The number of likely N-dealkylation sites (N-methyl/N-ethyl adjacent to an activating group) is 1. The maximum absolute atomic E-state index is 11.8. The van der Waals surface area contributed by atoms with Crippen molar-refractivity contribution in [3.8, 4) is 0 Å². The molecule has 4 heteroatoms.